The second kappa shape index (κ2) is 5.73. The van der Waals surface area contributed by atoms with Crippen molar-refractivity contribution >= 4 is 23.4 Å². The Hall–Kier alpha value is -0.250. The molecule has 1 rings (SSSR count). The van der Waals surface area contributed by atoms with Crippen LogP contribution < -0.4 is 5.32 Å². The van der Waals surface area contributed by atoms with E-state index in [0.717, 1.165) is 18.7 Å². The third-order valence-electron chi connectivity index (χ3n) is 2.22. The third-order valence-corrected chi connectivity index (χ3v) is 3.69. The van der Waals surface area contributed by atoms with E-state index in [1.165, 1.54) is 0 Å². The first-order valence-electron chi connectivity index (χ1n) is 4.90. The number of hydrogen-bond donors (Lipinski definition) is 1. The molecule has 1 N–H and O–H groups in total. The number of nitrogens with one attached hydrogen (secondary N) is 1. The van der Waals surface area contributed by atoms with Crippen molar-refractivity contribution in [1.82, 2.24) is 10.3 Å². The van der Waals surface area contributed by atoms with Crippen LogP contribution in [-0.2, 0) is 6.54 Å². The van der Waals surface area contributed by atoms with Gasteiger partial charge in [0.1, 0.15) is 5.15 Å². The summed E-state index contributed by atoms with van der Waals surface area (Å²) in [6.45, 7) is 6.28. The fraction of sp³-hybridized carbons (Fsp3) is 0.545. The van der Waals surface area contributed by atoms with E-state index >= 15 is 0 Å². The Balaban J connectivity index is 2.35. The molecule has 2 nitrogen and oxygen atoms in total. The highest BCUT2D eigenvalue weighted by atomic mass is 35.5. The molecule has 15 heavy (non-hydrogen) atoms. The Labute approximate surface area is 101 Å². The van der Waals surface area contributed by atoms with E-state index in [1.807, 2.05) is 23.9 Å². The van der Waals surface area contributed by atoms with Crippen LogP contribution in [0.4, 0.5) is 0 Å². The smallest absolute Gasteiger partial charge is 0.129 e. The molecule has 0 atom stereocenters. The number of aromatic nitrogens is 1. The molecule has 0 aliphatic rings. The van der Waals surface area contributed by atoms with Crippen molar-refractivity contribution in [1.29, 1.82) is 0 Å². The summed E-state index contributed by atoms with van der Waals surface area (Å²) in [6.07, 6.45) is 3.94. The highest BCUT2D eigenvalue weighted by molar-refractivity contribution is 7.99. The summed E-state index contributed by atoms with van der Waals surface area (Å²) in [4.78, 5) is 4.03. The molecule has 0 unspecified atom stereocenters. The molecule has 0 amide bonds. The van der Waals surface area contributed by atoms with E-state index in [2.05, 4.69) is 30.4 Å². The minimum absolute atomic E-state index is 0.278. The fourth-order valence-corrected chi connectivity index (χ4v) is 1.45. The Morgan fingerprint density at radius 1 is 1.47 bits per heavy atom. The molecule has 1 aromatic heterocycles. The van der Waals surface area contributed by atoms with Crippen molar-refractivity contribution in [3.05, 3.63) is 29.0 Å². The van der Waals surface area contributed by atoms with Crippen LogP contribution in [-0.4, -0.2) is 22.5 Å². The number of pyridine rings is 1. The first kappa shape index (κ1) is 12.8. The number of hydrogen-bond acceptors (Lipinski definition) is 3. The van der Waals surface area contributed by atoms with Crippen molar-refractivity contribution < 1.29 is 0 Å². The van der Waals surface area contributed by atoms with Gasteiger partial charge in [0.05, 0.1) is 0 Å². The van der Waals surface area contributed by atoms with Gasteiger partial charge in [0.2, 0.25) is 0 Å². The molecule has 0 spiro atoms. The monoisotopic (exact) mass is 244 g/mol. The lowest BCUT2D eigenvalue weighted by Gasteiger charge is -2.22. The average molecular weight is 245 g/mol. The van der Waals surface area contributed by atoms with Crippen LogP contribution in [0.2, 0.25) is 5.15 Å². The number of halogens is 1. The predicted molar refractivity (Wildman–Crippen MR) is 68.5 cm³/mol. The molecular formula is C11H17ClN2S. The number of thioether (sulfide) groups is 1. The zero-order valence-corrected chi connectivity index (χ0v) is 11.0. The second-order valence-electron chi connectivity index (χ2n) is 4.06. The van der Waals surface area contributed by atoms with Gasteiger partial charge in [-0.1, -0.05) is 17.7 Å². The van der Waals surface area contributed by atoms with Gasteiger partial charge in [-0.25, -0.2) is 4.98 Å². The van der Waals surface area contributed by atoms with E-state index in [-0.39, 0.29) is 4.75 Å². The number of rotatable bonds is 5. The maximum absolute atomic E-state index is 5.71. The Morgan fingerprint density at radius 3 is 2.73 bits per heavy atom. The van der Waals surface area contributed by atoms with Gasteiger partial charge in [-0.05, 0) is 31.7 Å². The van der Waals surface area contributed by atoms with Crippen molar-refractivity contribution in [2.45, 2.75) is 25.1 Å². The minimum atomic E-state index is 0.278. The van der Waals surface area contributed by atoms with E-state index in [1.54, 1.807) is 6.20 Å². The summed E-state index contributed by atoms with van der Waals surface area (Å²) in [6, 6.07) is 3.81. The van der Waals surface area contributed by atoms with E-state index in [0.29, 0.717) is 5.15 Å². The molecule has 0 fully saturated rings. The molecule has 0 saturated carbocycles. The summed E-state index contributed by atoms with van der Waals surface area (Å²) >= 11 is 7.57. The van der Waals surface area contributed by atoms with E-state index in [4.69, 9.17) is 11.6 Å². The summed E-state index contributed by atoms with van der Waals surface area (Å²) in [7, 11) is 0. The summed E-state index contributed by atoms with van der Waals surface area (Å²) in [5, 5.41) is 3.95. The molecule has 0 aliphatic carbocycles. The first-order chi connectivity index (χ1) is 7.03. The molecule has 1 aromatic rings. The van der Waals surface area contributed by atoms with Crippen molar-refractivity contribution in [2.75, 3.05) is 12.8 Å². The van der Waals surface area contributed by atoms with Crippen molar-refractivity contribution in [3.63, 3.8) is 0 Å². The molecule has 1 heterocycles. The maximum Gasteiger partial charge on any atom is 0.129 e. The Morgan fingerprint density at radius 2 is 2.20 bits per heavy atom. The van der Waals surface area contributed by atoms with Gasteiger partial charge in [0, 0.05) is 24.0 Å². The van der Waals surface area contributed by atoms with Gasteiger partial charge in [0.15, 0.2) is 0 Å². The lowest BCUT2D eigenvalue weighted by Crippen LogP contribution is -2.31. The highest BCUT2D eigenvalue weighted by Crippen LogP contribution is 2.19. The molecule has 4 heteroatoms. The topological polar surface area (TPSA) is 24.9 Å². The molecule has 0 aliphatic heterocycles. The van der Waals surface area contributed by atoms with Gasteiger partial charge in [0.25, 0.3) is 0 Å². The van der Waals surface area contributed by atoms with Gasteiger partial charge in [-0.2, -0.15) is 11.8 Å². The number of nitrogens with zero attached hydrogens (tertiary/aromatic N) is 1. The molecule has 0 radical (unpaired) electrons. The molecule has 0 aromatic carbocycles. The summed E-state index contributed by atoms with van der Waals surface area (Å²) in [5.41, 5.74) is 1.16. The Kier molecular flexibility index (Phi) is 4.90. The normalized spacial score (nSPS) is 11.7. The fourth-order valence-electron chi connectivity index (χ4n) is 1.09. The first-order valence-corrected chi connectivity index (χ1v) is 6.50. The molecule has 0 saturated heterocycles. The highest BCUT2D eigenvalue weighted by Gasteiger charge is 2.14. The van der Waals surface area contributed by atoms with Crippen molar-refractivity contribution in [3.8, 4) is 0 Å². The summed E-state index contributed by atoms with van der Waals surface area (Å²) < 4.78 is 0.278. The van der Waals surface area contributed by atoms with Crippen LogP contribution in [0.1, 0.15) is 19.4 Å². The SMILES string of the molecule is CSC(C)(C)CNCc1ccc(Cl)nc1. The Bertz CT molecular complexity index is 298. The lowest BCUT2D eigenvalue weighted by atomic mass is 10.2. The van der Waals surface area contributed by atoms with Crippen LogP contribution in [0, 0.1) is 0 Å². The molecular weight excluding hydrogens is 228 g/mol. The predicted octanol–water partition coefficient (Wildman–Crippen LogP) is 2.97. The third kappa shape index (κ3) is 4.87. The quantitative estimate of drug-likeness (QED) is 0.807. The zero-order chi connectivity index (χ0) is 11.3. The van der Waals surface area contributed by atoms with E-state index < -0.39 is 0 Å². The lowest BCUT2D eigenvalue weighted by molar-refractivity contribution is 0.590. The second-order valence-corrected chi connectivity index (χ2v) is 5.96. The van der Waals surface area contributed by atoms with Gasteiger partial charge >= 0.3 is 0 Å². The minimum Gasteiger partial charge on any atom is -0.311 e. The molecule has 0 bridgehead atoms. The summed E-state index contributed by atoms with van der Waals surface area (Å²) in [5.74, 6) is 0. The molecule has 84 valence electrons. The van der Waals surface area contributed by atoms with Crippen LogP contribution in [0.5, 0.6) is 0 Å². The van der Waals surface area contributed by atoms with Crippen LogP contribution in [0.15, 0.2) is 18.3 Å². The van der Waals surface area contributed by atoms with Crippen LogP contribution in [0.25, 0.3) is 0 Å². The standard InChI is InChI=1S/C11H17ClN2S/c1-11(2,15-3)8-13-6-9-4-5-10(12)14-7-9/h4-5,7,13H,6,8H2,1-3H3. The van der Waals surface area contributed by atoms with Gasteiger partial charge < -0.3 is 5.32 Å². The van der Waals surface area contributed by atoms with Crippen LogP contribution >= 0.6 is 23.4 Å². The van der Waals surface area contributed by atoms with E-state index in [9.17, 15) is 0 Å². The average Bonchev–Trinajstić information content (AvgIpc) is 2.21. The zero-order valence-electron chi connectivity index (χ0n) is 9.38. The van der Waals surface area contributed by atoms with Gasteiger partial charge in [-0.3, -0.25) is 0 Å². The maximum atomic E-state index is 5.71. The van der Waals surface area contributed by atoms with Crippen LogP contribution in [0.3, 0.4) is 0 Å². The van der Waals surface area contributed by atoms with Crippen molar-refractivity contribution in [2.24, 2.45) is 0 Å². The van der Waals surface area contributed by atoms with Gasteiger partial charge in [-0.15, -0.1) is 0 Å². The largest absolute Gasteiger partial charge is 0.311 e.